The zero-order valence-electron chi connectivity index (χ0n) is 33.7. The Morgan fingerprint density at radius 3 is 1.63 bits per heavy atom. The zero-order valence-corrected chi connectivity index (χ0v) is 33.7. The van der Waals surface area contributed by atoms with E-state index in [4.69, 9.17) is 14.4 Å². The Kier molecular flexibility index (Phi) is 7.74. The minimum absolute atomic E-state index is 0.829. The van der Waals surface area contributed by atoms with Crippen LogP contribution in [0.2, 0.25) is 0 Å². The molecular weight excluding hydrogens is 775 g/mol. The van der Waals surface area contributed by atoms with Gasteiger partial charge in [-0.25, -0.2) is 0 Å². The van der Waals surface area contributed by atoms with E-state index in [0.29, 0.717) is 0 Å². The highest BCUT2D eigenvalue weighted by atomic mass is 16.3. The summed E-state index contributed by atoms with van der Waals surface area (Å²) in [5.41, 5.74) is 16.2. The zero-order chi connectivity index (χ0) is 41.4. The van der Waals surface area contributed by atoms with E-state index in [-0.39, 0.29) is 0 Å². The smallest absolute Gasteiger partial charge is 0.327 e. The van der Waals surface area contributed by atoms with Gasteiger partial charge >= 0.3 is 5.82 Å². The molecule has 0 amide bonds. The third-order valence-corrected chi connectivity index (χ3v) is 12.2. The minimum atomic E-state index is 0.829. The molecule has 8 heteroatoms. The molecule has 0 fully saturated rings. The van der Waals surface area contributed by atoms with Crippen molar-refractivity contribution >= 4 is 65.8 Å². The maximum atomic E-state index is 6.52. The Morgan fingerprint density at radius 2 is 0.984 bits per heavy atom. The summed E-state index contributed by atoms with van der Waals surface area (Å²) in [6.45, 7) is 0. The number of benzene rings is 5. The number of nitrogens with zero attached hydrogens (tertiary/aromatic N) is 7. The summed E-state index contributed by atoms with van der Waals surface area (Å²) < 4.78 is 13.3. The number of aromatic nitrogens is 7. The largest absolute Gasteiger partial charge is 0.456 e. The van der Waals surface area contributed by atoms with Crippen molar-refractivity contribution in [3.05, 3.63) is 207 Å². The average Bonchev–Trinajstić information content (AvgIpc) is 4.01. The maximum Gasteiger partial charge on any atom is 0.327 e. The summed E-state index contributed by atoms with van der Waals surface area (Å²) in [5, 5.41) is 4.23. The Hall–Kier alpha value is -8.75. The lowest BCUT2D eigenvalue weighted by Crippen LogP contribution is -2.33. The maximum absolute atomic E-state index is 6.52. The van der Waals surface area contributed by atoms with Gasteiger partial charge in [-0.1, -0.05) is 48.5 Å². The van der Waals surface area contributed by atoms with E-state index in [2.05, 4.69) is 157 Å². The van der Waals surface area contributed by atoms with Crippen LogP contribution in [0.4, 0.5) is 0 Å². The van der Waals surface area contributed by atoms with Gasteiger partial charge in [0.05, 0.1) is 45.0 Å². The molecule has 13 aromatic rings. The molecule has 0 bridgehead atoms. The standard InChI is InChI=1S/C55H34N7O/c1-2-12-40(45-13-3-6-26-56-45)39(11-1)35-18-22-47-43(31-35)54-49(15-9-28-58-54)61(47)37-20-24-51-41(33-37)42-34-38(21-25-52(42)63-51)62-48-23-19-36(32-44(48)55-50(62)16-10-29-59-55)46-14-5-8-30-60(46)53-17-4-7-27-57-53/h1-34H/q+1. The van der Waals surface area contributed by atoms with Crippen LogP contribution < -0.4 is 4.57 Å². The predicted molar refractivity (Wildman–Crippen MR) is 251 cm³/mol. The van der Waals surface area contributed by atoms with Gasteiger partial charge in [0.1, 0.15) is 23.1 Å². The first-order valence-corrected chi connectivity index (χ1v) is 20.9. The molecule has 0 saturated heterocycles. The minimum Gasteiger partial charge on any atom is -0.456 e. The summed E-state index contributed by atoms with van der Waals surface area (Å²) in [6.07, 6.45) is 9.47. The Labute approximate surface area is 360 Å². The van der Waals surface area contributed by atoms with Crippen molar-refractivity contribution in [2.45, 2.75) is 0 Å². The number of rotatable bonds is 6. The Bertz CT molecular complexity index is 3670. The van der Waals surface area contributed by atoms with Gasteiger partial charge in [0.15, 0.2) is 0 Å². The first kappa shape index (κ1) is 35.0. The third-order valence-electron chi connectivity index (χ3n) is 12.2. The van der Waals surface area contributed by atoms with E-state index in [1.54, 1.807) is 0 Å². The second kappa shape index (κ2) is 13.9. The van der Waals surface area contributed by atoms with E-state index < -0.39 is 0 Å². The van der Waals surface area contributed by atoms with Gasteiger partial charge in [0.2, 0.25) is 0 Å². The molecule has 0 radical (unpaired) electrons. The van der Waals surface area contributed by atoms with Crippen LogP contribution in [0.5, 0.6) is 0 Å². The SMILES string of the molecule is c1ccc(-c2ccccc2-c2ccc3c(c2)c2ncccc2n3-c2ccc3oc4ccc(-n5c6ccc(-c7cccc[n+]7-c7ccccn7)cc6c6ncccc65)cc4c3c2)nc1. The molecule has 0 unspecified atom stereocenters. The highest BCUT2D eigenvalue weighted by Crippen LogP contribution is 2.40. The average molecular weight is 809 g/mol. The van der Waals surface area contributed by atoms with E-state index in [1.165, 1.54) is 0 Å². The van der Waals surface area contributed by atoms with Crippen molar-refractivity contribution in [2.75, 3.05) is 0 Å². The van der Waals surface area contributed by atoms with Gasteiger partial charge in [-0.2, -0.15) is 4.57 Å². The van der Waals surface area contributed by atoms with Crippen LogP contribution in [0, 0.1) is 0 Å². The summed E-state index contributed by atoms with van der Waals surface area (Å²) in [4.78, 5) is 19.2. The predicted octanol–water partition coefficient (Wildman–Crippen LogP) is 12.6. The second-order valence-corrected chi connectivity index (χ2v) is 15.7. The van der Waals surface area contributed by atoms with Gasteiger partial charge < -0.3 is 13.6 Å². The van der Waals surface area contributed by atoms with E-state index in [0.717, 1.165) is 117 Å². The highest BCUT2D eigenvalue weighted by Gasteiger charge is 2.21. The molecule has 63 heavy (non-hydrogen) atoms. The molecule has 5 aromatic carbocycles. The van der Waals surface area contributed by atoms with Gasteiger partial charge in [0, 0.05) is 68.7 Å². The van der Waals surface area contributed by atoms with Crippen molar-refractivity contribution in [3.63, 3.8) is 0 Å². The van der Waals surface area contributed by atoms with Gasteiger partial charge in [-0.3, -0.25) is 15.0 Å². The second-order valence-electron chi connectivity index (χ2n) is 15.7. The third kappa shape index (κ3) is 5.52. The van der Waals surface area contributed by atoms with Gasteiger partial charge in [0.25, 0.3) is 0 Å². The first-order chi connectivity index (χ1) is 31.2. The van der Waals surface area contributed by atoms with E-state index >= 15 is 0 Å². The molecule has 8 heterocycles. The van der Waals surface area contributed by atoms with Gasteiger partial charge in [-0.15, -0.1) is 0 Å². The number of pyridine rings is 5. The molecule has 8 aromatic heterocycles. The molecule has 8 nitrogen and oxygen atoms in total. The van der Waals surface area contributed by atoms with Crippen molar-refractivity contribution in [3.8, 4) is 50.8 Å². The van der Waals surface area contributed by atoms with Crippen LogP contribution in [0.25, 0.3) is 117 Å². The normalized spacial score (nSPS) is 11.8. The summed E-state index contributed by atoms with van der Waals surface area (Å²) in [6, 6.07) is 61.3. The molecule has 13 rings (SSSR count). The number of hydrogen-bond acceptors (Lipinski definition) is 5. The van der Waals surface area contributed by atoms with Crippen molar-refractivity contribution < 1.29 is 8.98 Å². The summed E-state index contributed by atoms with van der Waals surface area (Å²) >= 11 is 0. The Morgan fingerprint density at radius 1 is 0.397 bits per heavy atom. The van der Waals surface area contributed by atoms with Crippen LogP contribution in [-0.4, -0.2) is 29.1 Å². The fourth-order valence-corrected chi connectivity index (χ4v) is 9.44. The lowest BCUT2D eigenvalue weighted by Gasteiger charge is -2.11. The van der Waals surface area contributed by atoms with Crippen LogP contribution >= 0.6 is 0 Å². The first-order valence-electron chi connectivity index (χ1n) is 20.9. The molecular formula is C55H34N7O+. The van der Waals surface area contributed by atoms with Crippen LogP contribution in [-0.2, 0) is 0 Å². The Balaban J connectivity index is 0.952. The lowest BCUT2D eigenvalue weighted by atomic mass is 9.96. The van der Waals surface area contributed by atoms with Crippen molar-refractivity contribution in [2.24, 2.45) is 0 Å². The van der Waals surface area contributed by atoms with Crippen molar-refractivity contribution in [1.82, 2.24) is 29.1 Å². The molecule has 0 aliphatic heterocycles. The molecule has 0 spiro atoms. The molecule has 294 valence electrons. The van der Waals surface area contributed by atoms with E-state index in [9.17, 15) is 0 Å². The van der Waals surface area contributed by atoms with Crippen LogP contribution in [0.15, 0.2) is 211 Å². The summed E-state index contributed by atoms with van der Waals surface area (Å²) in [5.74, 6) is 0.861. The van der Waals surface area contributed by atoms with Crippen LogP contribution in [0.1, 0.15) is 0 Å². The van der Waals surface area contributed by atoms with E-state index in [1.807, 2.05) is 73.3 Å². The lowest BCUT2D eigenvalue weighted by molar-refractivity contribution is -0.588. The monoisotopic (exact) mass is 808 g/mol. The molecule has 0 N–H and O–H groups in total. The number of furan rings is 1. The van der Waals surface area contributed by atoms with Crippen molar-refractivity contribution in [1.29, 1.82) is 0 Å². The molecule has 0 aliphatic carbocycles. The fourth-order valence-electron chi connectivity index (χ4n) is 9.44. The number of hydrogen-bond donors (Lipinski definition) is 0. The fraction of sp³-hybridized carbons (Fsp3) is 0. The van der Waals surface area contributed by atoms with Crippen LogP contribution in [0.3, 0.4) is 0 Å². The number of fused-ring (bicyclic) bond motifs is 9. The quantitative estimate of drug-likeness (QED) is 0.156. The molecule has 0 saturated carbocycles. The summed E-state index contributed by atoms with van der Waals surface area (Å²) in [7, 11) is 0. The molecule has 0 aliphatic rings. The van der Waals surface area contributed by atoms with Gasteiger partial charge in [-0.05, 0) is 137 Å². The topological polar surface area (TPSA) is 78.4 Å². The highest BCUT2D eigenvalue weighted by molar-refractivity contribution is 6.12. The molecule has 0 atom stereocenters.